The molecule has 5 nitrogen and oxygen atoms in total. The molecule has 2 aromatic rings. The van der Waals surface area contributed by atoms with Gasteiger partial charge in [0.05, 0.1) is 27.6 Å². The van der Waals surface area contributed by atoms with Crippen LogP contribution < -0.4 is 10.6 Å². The van der Waals surface area contributed by atoms with E-state index in [9.17, 15) is 4.79 Å². The quantitative estimate of drug-likeness (QED) is 0.741. The first-order valence-corrected chi connectivity index (χ1v) is 7.81. The van der Waals surface area contributed by atoms with Crippen LogP contribution in [0.5, 0.6) is 0 Å². The smallest absolute Gasteiger partial charge is 0.269 e. The van der Waals surface area contributed by atoms with Crippen molar-refractivity contribution in [1.82, 2.24) is 10.3 Å². The van der Waals surface area contributed by atoms with Gasteiger partial charge >= 0.3 is 0 Å². The third-order valence-corrected chi connectivity index (χ3v) is 3.67. The lowest BCUT2D eigenvalue weighted by molar-refractivity contribution is 0.0943. The number of nitrogens with one attached hydrogen (secondary N) is 2. The zero-order chi connectivity index (χ0) is 16.7. The molecule has 1 amide bonds. The Hall–Kier alpha value is -1.82. The van der Waals surface area contributed by atoms with E-state index in [2.05, 4.69) is 15.6 Å². The first kappa shape index (κ1) is 17.5. The van der Waals surface area contributed by atoms with E-state index in [4.69, 9.17) is 27.9 Å². The molecule has 0 bridgehead atoms. The van der Waals surface area contributed by atoms with Crippen LogP contribution in [0.15, 0.2) is 36.5 Å². The highest BCUT2D eigenvalue weighted by Crippen LogP contribution is 2.32. The molecule has 0 saturated carbocycles. The summed E-state index contributed by atoms with van der Waals surface area (Å²) in [6.07, 6.45) is 2.32. The largest absolute Gasteiger partial charge is 0.385 e. The summed E-state index contributed by atoms with van der Waals surface area (Å²) in [6.45, 7) is 1.15. The highest BCUT2D eigenvalue weighted by Gasteiger charge is 2.08. The fourth-order valence-electron chi connectivity index (χ4n) is 1.87. The van der Waals surface area contributed by atoms with Crippen molar-refractivity contribution in [3.8, 4) is 0 Å². The fraction of sp³-hybridized carbons (Fsp3) is 0.250. The summed E-state index contributed by atoms with van der Waals surface area (Å²) in [7, 11) is 1.63. The molecule has 2 N–H and O–H groups in total. The number of hydrogen-bond acceptors (Lipinski definition) is 4. The average molecular weight is 354 g/mol. The SMILES string of the molecule is COCCCNC(=O)c1ccc(Nc2c(Cl)cccc2Cl)cn1. The van der Waals surface area contributed by atoms with Crippen LogP contribution in [0.4, 0.5) is 11.4 Å². The number of amides is 1. The summed E-state index contributed by atoms with van der Waals surface area (Å²) in [5.41, 5.74) is 1.64. The number of methoxy groups -OCH3 is 1. The predicted molar refractivity (Wildman–Crippen MR) is 92.8 cm³/mol. The standard InChI is InChI=1S/C16H17Cl2N3O2/c1-23-9-3-8-19-16(22)14-7-6-11(10-20-14)21-15-12(17)4-2-5-13(15)18/h2,4-7,10,21H,3,8-9H2,1H3,(H,19,22). The van der Waals surface area contributed by atoms with Crippen LogP contribution in [-0.4, -0.2) is 31.2 Å². The number of rotatable bonds is 7. The number of para-hydroxylation sites is 1. The van der Waals surface area contributed by atoms with Crippen LogP contribution >= 0.6 is 23.2 Å². The molecule has 7 heteroatoms. The van der Waals surface area contributed by atoms with Gasteiger partial charge in [-0.2, -0.15) is 0 Å². The molecule has 0 saturated heterocycles. The minimum atomic E-state index is -0.219. The van der Waals surface area contributed by atoms with Crippen molar-refractivity contribution in [2.75, 3.05) is 25.6 Å². The monoisotopic (exact) mass is 353 g/mol. The molecule has 1 aromatic heterocycles. The highest BCUT2D eigenvalue weighted by molar-refractivity contribution is 6.39. The molecule has 0 atom stereocenters. The number of carbonyl (C=O) groups excluding carboxylic acids is 1. The van der Waals surface area contributed by atoms with Crippen LogP contribution in [0.1, 0.15) is 16.9 Å². The van der Waals surface area contributed by atoms with E-state index in [1.807, 2.05) is 0 Å². The molecule has 0 spiro atoms. The molecule has 1 heterocycles. The van der Waals surface area contributed by atoms with E-state index >= 15 is 0 Å². The van der Waals surface area contributed by atoms with Crippen molar-refractivity contribution in [2.45, 2.75) is 6.42 Å². The highest BCUT2D eigenvalue weighted by atomic mass is 35.5. The second-order valence-corrected chi connectivity index (χ2v) is 5.57. The molecule has 2 rings (SSSR count). The van der Waals surface area contributed by atoms with Crippen LogP contribution in [0.25, 0.3) is 0 Å². The van der Waals surface area contributed by atoms with Crippen molar-refractivity contribution in [1.29, 1.82) is 0 Å². The minimum Gasteiger partial charge on any atom is -0.385 e. The van der Waals surface area contributed by atoms with E-state index in [1.54, 1.807) is 43.6 Å². The van der Waals surface area contributed by atoms with E-state index in [-0.39, 0.29) is 5.91 Å². The number of nitrogens with zero attached hydrogens (tertiary/aromatic N) is 1. The molecule has 1 aromatic carbocycles. The number of hydrogen-bond donors (Lipinski definition) is 2. The molecule has 0 fully saturated rings. The van der Waals surface area contributed by atoms with E-state index in [0.717, 1.165) is 6.42 Å². The van der Waals surface area contributed by atoms with Gasteiger partial charge in [-0.25, -0.2) is 4.98 Å². The zero-order valence-corrected chi connectivity index (χ0v) is 14.1. The van der Waals surface area contributed by atoms with Gasteiger partial charge in [-0.1, -0.05) is 29.3 Å². The van der Waals surface area contributed by atoms with Crippen molar-refractivity contribution >= 4 is 40.5 Å². The molecule has 0 aliphatic heterocycles. The van der Waals surface area contributed by atoms with Crippen LogP contribution in [-0.2, 0) is 4.74 Å². The van der Waals surface area contributed by atoms with E-state index < -0.39 is 0 Å². The Bertz CT molecular complexity index is 643. The number of halogens is 2. The van der Waals surface area contributed by atoms with Gasteiger partial charge in [-0.3, -0.25) is 4.79 Å². The van der Waals surface area contributed by atoms with Gasteiger partial charge in [-0.15, -0.1) is 0 Å². The summed E-state index contributed by atoms with van der Waals surface area (Å²) in [5, 5.41) is 6.89. The van der Waals surface area contributed by atoms with Crippen molar-refractivity contribution in [2.24, 2.45) is 0 Å². The molecule has 0 aliphatic rings. The first-order valence-electron chi connectivity index (χ1n) is 7.06. The normalized spacial score (nSPS) is 10.4. The molecular formula is C16H17Cl2N3O2. The van der Waals surface area contributed by atoms with Gasteiger partial charge in [0.1, 0.15) is 5.69 Å². The summed E-state index contributed by atoms with van der Waals surface area (Å²) in [4.78, 5) is 16.0. The minimum absolute atomic E-state index is 0.219. The topological polar surface area (TPSA) is 63.2 Å². The fourth-order valence-corrected chi connectivity index (χ4v) is 2.36. The second-order valence-electron chi connectivity index (χ2n) is 4.76. The maximum absolute atomic E-state index is 11.9. The summed E-state index contributed by atoms with van der Waals surface area (Å²) < 4.78 is 4.92. The van der Waals surface area contributed by atoms with Crippen molar-refractivity contribution < 1.29 is 9.53 Å². The zero-order valence-electron chi connectivity index (χ0n) is 12.6. The summed E-state index contributed by atoms with van der Waals surface area (Å²) >= 11 is 12.2. The number of carbonyl (C=O) groups is 1. The van der Waals surface area contributed by atoms with Gasteiger partial charge in [0, 0.05) is 20.3 Å². The van der Waals surface area contributed by atoms with Gasteiger partial charge in [0.25, 0.3) is 5.91 Å². The third-order valence-electron chi connectivity index (χ3n) is 3.04. The molecule has 23 heavy (non-hydrogen) atoms. The Balaban J connectivity index is 1.98. The molecule has 0 radical (unpaired) electrons. The van der Waals surface area contributed by atoms with Crippen LogP contribution in [0.2, 0.25) is 10.0 Å². The maximum atomic E-state index is 11.9. The Morgan fingerprint density at radius 1 is 1.22 bits per heavy atom. The number of aromatic nitrogens is 1. The average Bonchev–Trinajstić information content (AvgIpc) is 2.55. The summed E-state index contributed by atoms with van der Waals surface area (Å²) in [5.74, 6) is -0.219. The molecular weight excluding hydrogens is 337 g/mol. The third kappa shape index (κ3) is 5.10. The Morgan fingerprint density at radius 2 is 1.96 bits per heavy atom. The molecule has 0 aliphatic carbocycles. The van der Waals surface area contributed by atoms with Gasteiger partial charge in [0.15, 0.2) is 0 Å². The number of benzene rings is 1. The lowest BCUT2D eigenvalue weighted by Crippen LogP contribution is -2.26. The number of anilines is 2. The Morgan fingerprint density at radius 3 is 2.57 bits per heavy atom. The van der Waals surface area contributed by atoms with Gasteiger partial charge in [0.2, 0.25) is 0 Å². The van der Waals surface area contributed by atoms with E-state index in [0.29, 0.717) is 40.3 Å². The Kier molecular flexibility index (Phi) is 6.65. The van der Waals surface area contributed by atoms with Gasteiger partial charge in [-0.05, 0) is 30.7 Å². The lowest BCUT2D eigenvalue weighted by Gasteiger charge is -2.10. The number of pyridine rings is 1. The second kappa shape index (κ2) is 8.72. The van der Waals surface area contributed by atoms with Gasteiger partial charge < -0.3 is 15.4 Å². The summed E-state index contributed by atoms with van der Waals surface area (Å²) in [6, 6.07) is 8.64. The van der Waals surface area contributed by atoms with Crippen molar-refractivity contribution in [3.05, 3.63) is 52.3 Å². The predicted octanol–water partition coefficient (Wildman–Crippen LogP) is 3.90. The van der Waals surface area contributed by atoms with Crippen LogP contribution in [0.3, 0.4) is 0 Å². The maximum Gasteiger partial charge on any atom is 0.269 e. The molecule has 0 unspecified atom stereocenters. The number of ether oxygens (including phenoxy) is 1. The first-order chi connectivity index (χ1) is 11.1. The molecule has 122 valence electrons. The Labute approximate surface area is 145 Å². The van der Waals surface area contributed by atoms with Crippen LogP contribution in [0, 0.1) is 0 Å². The lowest BCUT2D eigenvalue weighted by atomic mass is 10.2. The van der Waals surface area contributed by atoms with E-state index in [1.165, 1.54) is 0 Å². The van der Waals surface area contributed by atoms with Crippen molar-refractivity contribution in [3.63, 3.8) is 0 Å².